The second-order valence-electron chi connectivity index (χ2n) is 6.18. The number of nitrogens with zero attached hydrogens (tertiary/aromatic N) is 2. The zero-order chi connectivity index (χ0) is 18.0. The van der Waals surface area contributed by atoms with Crippen molar-refractivity contribution in [2.75, 3.05) is 7.05 Å². The van der Waals surface area contributed by atoms with Gasteiger partial charge >= 0.3 is 0 Å². The third kappa shape index (κ3) is 3.47. The van der Waals surface area contributed by atoms with E-state index in [9.17, 15) is 14.4 Å². The van der Waals surface area contributed by atoms with Gasteiger partial charge in [-0.15, -0.1) is 0 Å². The van der Waals surface area contributed by atoms with Gasteiger partial charge in [0.15, 0.2) is 0 Å². The second kappa shape index (κ2) is 6.93. The Hall–Kier alpha value is -2.89. The number of hydrogen-bond acceptors (Lipinski definition) is 4. The standard InChI is InChI=1S/C19H20N2O4/c1-13(16-4-3-11-25-16)20(2)19(24)15-7-5-14(6-8-15)12-21-17(22)9-10-18(21)23/h3-8,11,13H,9-10,12H2,1-2H3. The zero-order valence-electron chi connectivity index (χ0n) is 14.3. The lowest BCUT2D eigenvalue weighted by Crippen LogP contribution is -2.30. The predicted octanol–water partition coefficient (Wildman–Crippen LogP) is 2.76. The molecule has 0 saturated carbocycles. The Bertz CT molecular complexity index is 764. The number of furan rings is 1. The normalized spacial score (nSPS) is 15.5. The predicted molar refractivity (Wildman–Crippen MR) is 90.4 cm³/mol. The SMILES string of the molecule is CC(c1ccco1)N(C)C(=O)c1ccc(CN2C(=O)CCC2=O)cc1. The van der Waals surface area contributed by atoms with Crippen LogP contribution in [0.5, 0.6) is 0 Å². The van der Waals surface area contributed by atoms with Gasteiger partial charge in [0.05, 0.1) is 18.8 Å². The number of hydrogen-bond donors (Lipinski definition) is 0. The molecular weight excluding hydrogens is 320 g/mol. The zero-order valence-corrected chi connectivity index (χ0v) is 14.3. The maximum absolute atomic E-state index is 12.6. The molecule has 3 rings (SSSR count). The number of imide groups is 1. The summed E-state index contributed by atoms with van der Waals surface area (Å²) in [6.07, 6.45) is 2.15. The van der Waals surface area contributed by atoms with Gasteiger partial charge in [-0.3, -0.25) is 19.3 Å². The summed E-state index contributed by atoms with van der Waals surface area (Å²) in [5, 5.41) is 0. The van der Waals surface area contributed by atoms with Crippen LogP contribution in [0.4, 0.5) is 0 Å². The number of benzene rings is 1. The molecule has 1 aliphatic heterocycles. The Balaban J connectivity index is 1.68. The Labute approximate surface area is 146 Å². The highest BCUT2D eigenvalue weighted by Crippen LogP contribution is 2.22. The van der Waals surface area contributed by atoms with E-state index in [1.807, 2.05) is 13.0 Å². The number of carbonyl (C=O) groups excluding carboxylic acids is 3. The minimum absolute atomic E-state index is 0.122. The molecule has 1 saturated heterocycles. The van der Waals surface area contributed by atoms with Crippen LogP contribution >= 0.6 is 0 Å². The van der Waals surface area contributed by atoms with Gasteiger partial charge in [-0.25, -0.2) is 0 Å². The Morgan fingerprint density at radius 2 is 1.80 bits per heavy atom. The van der Waals surface area contributed by atoms with Crippen LogP contribution in [0.3, 0.4) is 0 Å². The Kier molecular flexibility index (Phi) is 4.70. The van der Waals surface area contributed by atoms with Crippen molar-refractivity contribution in [3.05, 3.63) is 59.5 Å². The summed E-state index contributed by atoms with van der Waals surface area (Å²) >= 11 is 0. The summed E-state index contributed by atoms with van der Waals surface area (Å²) in [5.41, 5.74) is 1.37. The highest BCUT2D eigenvalue weighted by molar-refractivity contribution is 6.01. The van der Waals surface area contributed by atoms with E-state index < -0.39 is 0 Å². The molecule has 3 amide bonds. The number of likely N-dealkylation sites (tertiary alicyclic amines) is 1. The van der Waals surface area contributed by atoms with Gasteiger partial charge in [-0.2, -0.15) is 0 Å². The van der Waals surface area contributed by atoms with Gasteiger partial charge in [0, 0.05) is 25.5 Å². The molecule has 1 aromatic heterocycles. The van der Waals surface area contributed by atoms with Crippen LogP contribution in [0.25, 0.3) is 0 Å². The minimum atomic E-state index is -0.179. The highest BCUT2D eigenvalue weighted by atomic mass is 16.3. The molecule has 2 heterocycles. The second-order valence-corrected chi connectivity index (χ2v) is 6.18. The molecule has 1 aromatic carbocycles. The first-order valence-corrected chi connectivity index (χ1v) is 8.20. The van der Waals surface area contributed by atoms with Crippen molar-refractivity contribution in [1.29, 1.82) is 0 Å². The lowest BCUT2D eigenvalue weighted by atomic mass is 10.1. The summed E-state index contributed by atoms with van der Waals surface area (Å²) in [6.45, 7) is 2.15. The van der Waals surface area contributed by atoms with Crippen LogP contribution in [0.2, 0.25) is 0 Å². The van der Waals surface area contributed by atoms with Gasteiger partial charge in [-0.1, -0.05) is 12.1 Å². The van der Waals surface area contributed by atoms with Crippen molar-refractivity contribution >= 4 is 17.7 Å². The fourth-order valence-electron chi connectivity index (χ4n) is 2.83. The van der Waals surface area contributed by atoms with Crippen LogP contribution < -0.4 is 0 Å². The molecule has 0 radical (unpaired) electrons. The van der Waals surface area contributed by atoms with Crippen molar-refractivity contribution in [3.8, 4) is 0 Å². The van der Waals surface area contributed by atoms with Crippen molar-refractivity contribution in [1.82, 2.24) is 9.80 Å². The van der Waals surface area contributed by atoms with E-state index in [1.165, 1.54) is 4.90 Å². The molecule has 0 N–H and O–H groups in total. The quantitative estimate of drug-likeness (QED) is 0.785. The molecule has 0 bridgehead atoms. The third-order valence-corrected chi connectivity index (χ3v) is 4.55. The molecule has 0 aliphatic carbocycles. The first-order valence-electron chi connectivity index (χ1n) is 8.20. The highest BCUT2D eigenvalue weighted by Gasteiger charge is 2.28. The molecule has 1 fully saturated rings. The van der Waals surface area contributed by atoms with E-state index in [1.54, 1.807) is 48.5 Å². The minimum Gasteiger partial charge on any atom is -0.467 e. The third-order valence-electron chi connectivity index (χ3n) is 4.55. The smallest absolute Gasteiger partial charge is 0.254 e. The lowest BCUT2D eigenvalue weighted by Gasteiger charge is -2.23. The van der Waals surface area contributed by atoms with E-state index in [0.717, 1.165) is 11.3 Å². The summed E-state index contributed by atoms with van der Waals surface area (Å²) in [6, 6.07) is 10.4. The molecule has 130 valence electrons. The van der Waals surface area contributed by atoms with Crippen molar-refractivity contribution < 1.29 is 18.8 Å². The number of rotatable bonds is 5. The van der Waals surface area contributed by atoms with Crippen LogP contribution in [-0.2, 0) is 16.1 Å². The average Bonchev–Trinajstić information content (AvgIpc) is 3.26. The van der Waals surface area contributed by atoms with Gasteiger partial charge in [0.2, 0.25) is 11.8 Å². The van der Waals surface area contributed by atoms with Gasteiger partial charge < -0.3 is 9.32 Å². The van der Waals surface area contributed by atoms with Crippen molar-refractivity contribution in [3.63, 3.8) is 0 Å². The summed E-state index contributed by atoms with van der Waals surface area (Å²) in [4.78, 5) is 38.8. The van der Waals surface area contributed by atoms with Crippen LogP contribution in [0.15, 0.2) is 47.1 Å². The van der Waals surface area contributed by atoms with E-state index in [0.29, 0.717) is 5.56 Å². The molecule has 6 heteroatoms. The number of carbonyl (C=O) groups is 3. The summed E-state index contributed by atoms with van der Waals surface area (Å²) in [5.74, 6) is 0.316. The van der Waals surface area contributed by atoms with E-state index in [2.05, 4.69) is 0 Å². The maximum Gasteiger partial charge on any atom is 0.254 e. The first-order chi connectivity index (χ1) is 12.0. The average molecular weight is 340 g/mol. The van der Waals surface area contributed by atoms with E-state index >= 15 is 0 Å². The van der Waals surface area contributed by atoms with Crippen molar-refractivity contribution in [2.24, 2.45) is 0 Å². The Morgan fingerprint density at radius 1 is 1.16 bits per heavy atom. The summed E-state index contributed by atoms with van der Waals surface area (Å²) in [7, 11) is 1.73. The molecule has 0 spiro atoms. The summed E-state index contributed by atoms with van der Waals surface area (Å²) < 4.78 is 5.35. The molecule has 1 unspecified atom stereocenters. The van der Waals surface area contributed by atoms with E-state index in [4.69, 9.17) is 4.42 Å². The maximum atomic E-state index is 12.6. The molecule has 2 aromatic rings. The van der Waals surface area contributed by atoms with Crippen LogP contribution in [0, 0.1) is 0 Å². The molecule has 1 aliphatic rings. The largest absolute Gasteiger partial charge is 0.467 e. The fourth-order valence-corrected chi connectivity index (χ4v) is 2.83. The monoisotopic (exact) mass is 340 g/mol. The van der Waals surface area contributed by atoms with Gasteiger partial charge in [0.25, 0.3) is 5.91 Å². The first kappa shape index (κ1) is 17.0. The lowest BCUT2D eigenvalue weighted by molar-refractivity contribution is -0.139. The van der Waals surface area contributed by atoms with Crippen molar-refractivity contribution in [2.45, 2.75) is 32.4 Å². The molecular formula is C19H20N2O4. The molecule has 1 atom stereocenters. The van der Waals surface area contributed by atoms with E-state index in [-0.39, 0.29) is 43.1 Å². The Morgan fingerprint density at radius 3 is 2.36 bits per heavy atom. The fraction of sp³-hybridized carbons (Fsp3) is 0.316. The number of amides is 3. The van der Waals surface area contributed by atoms with Crippen LogP contribution in [-0.4, -0.2) is 34.6 Å². The topological polar surface area (TPSA) is 70.8 Å². The van der Waals surface area contributed by atoms with Crippen LogP contribution in [0.1, 0.15) is 47.5 Å². The van der Waals surface area contributed by atoms with Gasteiger partial charge in [0.1, 0.15) is 5.76 Å². The molecule has 25 heavy (non-hydrogen) atoms. The van der Waals surface area contributed by atoms with Gasteiger partial charge in [-0.05, 0) is 36.8 Å². The molecule has 6 nitrogen and oxygen atoms in total.